The van der Waals surface area contributed by atoms with Crippen LogP contribution in [0.4, 0.5) is 0 Å². The molecule has 96 valence electrons. The Balaban J connectivity index is 1.91. The monoisotopic (exact) mass is 317 g/mol. The van der Waals surface area contributed by atoms with E-state index in [-0.39, 0.29) is 12.1 Å². The summed E-state index contributed by atoms with van der Waals surface area (Å²) in [5, 5.41) is 13.2. The highest BCUT2D eigenvalue weighted by Gasteiger charge is 2.32. The molecule has 1 aromatic rings. The Morgan fingerprint density at radius 3 is 2.71 bits per heavy atom. The van der Waals surface area contributed by atoms with Gasteiger partial charge in [-0.3, -0.25) is 0 Å². The van der Waals surface area contributed by atoms with Gasteiger partial charge in [-0.2, -0.15) is 0 Å². The highest BCUT2D eigenvalue weighted by molar-refractivity contribution is 9.11. The maximum atomic E-state index is 9.64. The van der Waals surface area contributed by atoms with Crippen molar-refractivity contribution in [2.45, 2.75) is 44.7 Å². The van der Waals surface area contributed by atoms with Gasteiger partial charge < -0.3 is 10.4 Å². The normalized spacial score (nSPS) is 29.5. The molecule has 1 fully saturated rings. The highest BCUT2D eigenvalue weighted by atomic mass is 79.9. The molecule has 0 aromatic carbocycles. The molecule has 2 rings (SSSR count). The SMILES string of the molecule is CC1CCC(CO)(NCc2ccc(Br)s2)CC1. The van der Waals surface area contributed by atoms with Gasteiger partial charge >= 0.3 is 0 Å². The van der Waals surface area contributed by atoms with Crippen LogP contribution in [0.1, 0.15) is 37.5 Å². The van der Waals surface area contributed by atoms with Crippen LogP contribution in [0.25, 0.3) is 0 Å². The number of halogens is 1. The molecular weight excluding hydrogens is 298 g/mol. The standard InChI is InChI=1S/C13H20BrNOS/c1-10-4-6-13(9-16,7-5-10)15-8-11-2-3-12(14)17-11/h2-3,10,15-16H,4-9H2,1H3. The lowest BCUT2D eigenvalue weighted by atomic mass is 9.77. The van der Waals surface area contributed by atoms with Crippen LogP contribution >= 0.6 is 27.3 Å². The second kappa shape index (κ2) is 5.83. The molecule has 1 aliphatic rings. The third-order valence-electron chi connectivity index (χ3n) is 3.80. The summed E-state index contributed by atoms with van der Waals surface area (Å²) < 4.78 is 1.17. The minimum Gasteiger partial charge on any atom is -0.394 e. The van der Waals surface area contributed by atoms with Gasteiger partial charge in [0, 0.05) is 17.0 Å². The molecule has 2 nitrogen and oxygen atoms in total. The van der Waals surface area contributed by atoms with Crippen LogP contribution in [0, 0.1) is 5.92 Å². The smallest absolute Gasteiger partial charge is 0.0701 e. The fourth-order valence-electron chi connectivity index (χ4n) is 2.43. The fourth-order valence-corrected chi connectivity index (χ4v) is 3.85. The van der Waals surface area contributed by atoms with E-state index in [1.165, 1.54) is 21.5 Å². The summed E-state index contributed by atoms with van der Waals surface area (Å²) >= 11 is 5.24. The zero-order valence-electron chi connectivity index (χ0n) is 10.2. The molecule has 0 spiro atoms. The lowest BCUT2D eigenvalue weighted by Gasteiger charge is -2.39. The van der Waals surface area contributed by atoms with Gasteiger partial charge in [0.05, 0.1) is 10.4 Å². The van der Waals surface area contributed by atoms with Crippen LogP contribution in [0.3, 0.4) is 0 Å². The van der Waals surface area contributed by atoms with E-state index in [1.807, 2.05) is 0 Å². The van der Waals surface area contributed by atoms with Gasteiger partial charge in [0.15, 0.2) is 0 Å². The van der Waals surface area contributed by atoms with Gasteiger partial charge in [-0.1, -0.05) is 6.92 Å². The number of aliphatic hydroxyl groups excluding tert-OH is 1. The van der Waals surface area contributed by atoms with Crippen LogP contribution in [0.2, 0.25) is 0 Å². The van der Waals surface area contributed by atoms with Crippen molar-refractivity contribution >= 4 is 27.3 Å². The molecule has 1 heterocycles. The van der Waals surface area contributed by atoms with E-state index in [0.29, 0.717) is 0 Å². The molecule has 1 aliphatic carbocycles. The summed E-state index contributed by atoms with van der Waals surface area (Å²) in [4.78, 5) is 1.32. The van der Waals surface area contributed by atoms with Crippen LogP contribution in [0.5, 0.6) is 0 Å². The maximum Gasteiger partial charge on any atom is 0.0701 e. The largest absolute Gasteiger partial charge is 0.394 e. The zero-order chi connectivity index (χ0) is 12.3. The predicted octanol–water partition coefficient (Wildman–Crippen LogP) is 3.54. The lowest BCUT2D eigenvalue weighted by molar-refractivity contribution is 0.104. The van der Waals surface area contributed by atoms with Crippen LogP contribution in [0.15, 0.2) is 15.9 Å². The van der Waals surface area contributed by atoms with Crippen molar-refractivity contribution in [3.8, 4) is 0 Å². The third-order valence-corrected chi connectivity index (χ3v) is 5.42. The molecule has 0 unspecified atom stereocenters. The molecule has 4 heteroatoms. The van der Waals surface area contributed by atoms with Crippen LogP contribution in [-0.4, -0.2) is 17.3 Å². The molecule has 1 aromatic heterocycles. The average molecular weight is 318 g/mol. The summed E-state index contributed by atoms with van der Waals surface area (Å²) in [7, 11) is 0. The van der Waals surface area contributed by atoms with Gasteiger partial charge in [-0.25, -0.2) is 0 Å². The Labute approximate surface area is 116 Å². The number of hydrogen-bond donors (Lipinski definition) is 2. The van der Waals surface area contributed by atoms with Gasteiger partial charge in [0.2, 0.25) is 0 Å². The molecule has 0 amide bonds. The second-order valence-electron chi connectivity index (χ2n) is 5.18. The maximum absolute atomic E-state index is 9.64. The van der Waals surface area contributed by atoms with Crippen LogP contribution < -0.4 is 5.32 Å². The quantitative estimate of drug-likeness (QED) is 0.890. The second-order valence-corrected chi connectivity index (χ2v) is 7.73. The van der Waals surface area contributed by atoms with Gasteiger partial charge in [-0.05, 0) is 59.7 Å². The van der Waals surface area contributed by atoms with Crippen molar-refractivity contribution < 1.29 is 5.11 Å². The topological polar surface area (TPSA) is 32.3 Å². The minimum absolute atomic E-state index is 0.0387. The van der Waals surface area contributed by atoms with Crippen molar-refractivity contribution in [1.82, 2.24) is 5.32 Å². The van der Waals surface area contributed by atoms with Crippen molar-refractivity contribution in [1.29, 1.82) is 0 Å². The van der Waals surface area contributed by atoms with E-state index in [0.717, 1.165) is 25.3 Å². The molecule has 0 saturated heterocycles. The molecule has 2 N–H and O–H groups in total. The number of aliphatic hydroxyl groups is 1. The first-order chi connectivity index (χ1) is 8.13. The Hall–Kier alpha value is 0.1000. The number of rotatable bonds is 4. The highest BCUT2D eigenvalue weighted by Crippen LogP contribution is 2.32. The lowest BCUT2D eigenvalue weighted by Crippen LogP contribution is -2.50. The average Bonchev–Trinajstić information content (AvgIpc) is 2.75. The molecule has 17 heavy (non-hydrogen) atoms. The van der Waals surface area contributed by atoms with Crippen molar-refractivity contribution in [2.24, 2.45) is 5.92 Å². The first-order valence-electron chi connectivity index (χ1n) is 6.24. The summed E-state index contributed by atoms with van der Waals surface area (Å²) in [6.07, 6.45) is 4.64. The number of nitrogens with one attached hydrogen (secondary N) is 1. The summed E-state index contributed by atoms with van der Waals surface area (Å²) in [6.45, 7) is 3.43. The molecule has 0 radical (unpaired) electrons. The molecule has 0 atom stereocenters. The first-order valence-corrected chi connectivity index (χ1v) is 7.85. The van der Waals surface area contributed by atoms with Crippen LogP contribution in [-0.2, 0) is 6.54 Å². The Kier molecular flexibility index (Phi) is 4.64. The number of thiophene rings is 1. The van der Waals surface area contributed by atoms with Gasteiger partial charge in [0.25, 0.3) is 0 Å². The summed E-state index contributed by atoms with van der Waals surface area (Å²) in [5.74, 6) is 0.812. The van der Waals surface area contributed by atoms with Crippen molar-refractivity contribution in [3.05, 3.63) is 20.8 Å². The number of hydrogen-bond acceptors (Lipinski definition) is 3. The van der Waals surface area contributed by atoms with Crippen molar-refractivity contribution in [2.75, 3.05) is 6.61 Å². The minimum atomic E-state index is -0.0387. The summed E-state index contributed by atoms with van der Waals surface area (Å²) in [6, 6.07) is 4.22. The first kappa shape index (κ1) is 13.5. The van der Waals surface area contributed by atoms with E-state index in [9.17, 15) is 5.11 Å². The molecule has 1 saturated carbocycles. The molecule has 0 aliphatic heterocycles. The predicted molar refractivity (Wildman–Crippen MR) is 76.3 cm³/mol. The van der Waals surface area contributed by atoms with E-state index in [4.69, 9.17) is 0 Å². The van der Waals surface area contributed by atoms with E-state index in [1.54, 1.807) is 11.3 Å². The Morgan fingerprint density at radius 2 is 2.18 bits per heavy atom. The zero-order valence-corrected chi connectivity index (χ0v) is 12.6. The molecule has 0 bridgehead atoms. The third kappa shape index (κ3) is 3.53. The van der Waals surface area contributed by atoms with Gasteiger partial charge in [-0.15, -0.1) is 11.3 Å². The van der Waals surface area contributed by atoms with E-state index < -0.39 is 0 Å². The summed E-state index contributed by atoms with van der Waals surface area (Å²) in [5.41, 5.74) is -0.0387. The Bertz CT molecular complexity index is 358. The Morgan fingerprint density at radius 1 is 1.47 bits per heavy atom. The van der Waals surface area contributed by atoms with E-state index in [2.05, 4.69) is 40.3 Å². The van der Waals surface area contributed by atoms with E-state index >= 15 is 0 Å². The van der Waals surface area contributed by atoms with Crippen molar-refractivity contribution in [3.63, 3.8) is 0 Å². The fraction of sp³-hybridized carbons (Fsp3) is 0.692. The van der Waals surface area contributed by atoms with Gasteiger partial charge in [0.1, 0.15) is 0 Å². The molecular formula is C13H20BrNOS.